The lowest BCUT2D eigenvalue weighted by Gasteiger charge is -2.08. The average molecular weight is 427 g/mol. The number of hydrogen-bond acceptors (Lipinski definition) is 4. The van der Waals surface area contributed by atoms with Crippen molar-refractivity contribution in [2.45, 2.75) is 11.5 Å². The topological polar surface area (TPSA) is 50.7 Å². The van der Waals surface area contributed by atoms with Crippen molar-refractivity contribution in [3.8, 4) is 5.75 Å². The molecule has 0 aliphatic heterocycles. The summed E-state index contributed by atoms with van der Waals surface area (Å²) in [5, 5.41) is 6.37. The number of carbonyl (C=O) groups excluding carboxylic acids is 1. The van der Waals surface area contributed by atoms with E-state index in [0.29, 0.717) is 12.2 Å². The minimum absolute atomic E-state index is 0.251. The Kier molecular flexibility index (Phi) is 6.65. The van der Waals surface area contributed by atoms with Gasteiger partial charge in [-0.3, -0.25) is 4.79 Å². The molecular formula is C26H22N2O2S. The van der Waals surface area contributed by atoms with Crippen molar-refractivity contribution in [3.05, 3.63) is 108 Å². The molecule has 0 aliphatic rings. The first-order chi connectivity index (χ1) is 15.2. The first-order valence-electron chi connectivity index (χ1n) is 9.89. The van der Waals surface area contributed by atoms with Crippen LogP contribution in [-0.2, 0) is 6.61 Å². The Labute approximate surface area is 186 Å². The van der Waals surface area contributed by atoms with Crippen LogP contribution in [0.25, 0.3) is 10.8 Å². The van der Waals surface area contributed by atoms with E-state index in [1.54, 1.807) is 30.1 Å². The van der Waals surface area contributed by atoms with Crippen molar-refractivity contribution in [1.29, 1.82) is 0 Å². The molecule has 5 heteroatoms. The fourth-order valence-electron chi connectivity index (χ4n) is 3.10. The quantitative estimate of drug-likeness (QED) is 0.227. The Morgan fingerprint density at radius 3 is 2.42 bits per heavy atom. The number of ether oxygens (including phenoxy) is 1. The Bertz CT molecular complexity index is 1200. The third-order valence-corrected chi connectivity index (χ3v) is 5.58. The number of hydrazone groups is 1. The van der Waals surface area contributed by atoms with Gasteiger partial charge < -0.3 is 4.74 Å². The SMILES string of the molecule is CSc1ccc(/C=N/NC(=O)c2ccc(COc3ccc4ccccc4c3)cc2)cc1. The normalized spacial score (nSPS) is 11.0. The van der Waals surface area contributed by atoms with Crippen LogP contribution in [-0.4, -0.2) is 18.4 Å². The molecule has 0 bridgehead atoms. The largest absolute Gasteiger partial charge is 0.489 e. The number of nitrogens with zero attached hydrogens (tertiary/aromatic N) is 1. The second-order valence-electron chi connectivity index (χ2n) is 6.97. The lowest BCUT2D eigenvalue weighted by atomic mass is 10.1. The highest BCUT2D eigenvalue weighted by atomic mass is 32.2. The highest BCUT2D eigenvalue weighted by molar-refractivity contribution is 7.98. The number of benzene rings is 4. The number of rotatable bonds is 7. The summed E-state index contributed by atoms with van der Waals surface area (Å²) in [5.41, 5.74) is 5.03. The van der Waals surface area contributed by atoms with E-state index in [0.717, 1.165) is 22.3 Å². The van der Waals surface area contributed by atoms with Gasteiger partial charge in [0, 0.05) is 10.5 Å². The predicted molar refractivity (Wildman–Crippen MR) is 128 cm³/mol. The monoisotopic (exact) mass is 426 g/mol. The first-order valence-corrected chi connectivity index (χ1v) is 11.1. The lowest BCUT2D eigenvalue weighted by Crippen LogP contribution is -2.17. The number of carbonyl (C=O) groups is 1. The molecule has 0 saturated heterocycles. The first kappa shape index (κ1) is 20.7. The smallest absolute Gasteiger partial charge is 0.271 e. The van der Waals surface area contributed by atoms with Gasteiger partial charge in [-0.25, -0.2) is 5.43 Å². The molecule has 1 N–H and O–H groups in total. The molecule has 0 radical (unpaired) electrons. The van der Waals surface area contributed by atoms with Gasteiger partial charge in [-0.2, -0.15) is 5.10 Å². The van der Waals surface area contributed by atoms with E-state index in [1.165, 1.54) is 10.3 Å². The van der Waals surface area contributed by atoms with Crippen LogP contribution < -0.4 is 10.2 Å². The van der Waals surface area contributed by atoms with E-state index >= 15 is 0 Å². The van der Waals surface area contributed by atoms with Gasteiger partial charge >= 0.3 is 0 Å². The van der Waals surface area contributed by atoms with Crippen molar-refractivity contribution >= 4 is 34.7 Å². The summed E-state index contributed by atoms with van der Waals surface area (Å²) in [4.78, 5) is 13.5. The van der Waals surface area contributed by atoms with Gasteiger partial charge in [0.25, 0.3) is 5.91 Å². The van der Waals surface area contributed by atoms with Gasteiger partial charge in [-0.1, -0.05) is 54.6 Å². The second kappa shape index (κ2) is 9.96. The molecule has 0 atom stereocenters. The molecule has 0 spiro atoms. The van der Waals surface area contributed by atoms with Gasteiger partial charge in [0.1, 0.15) is 12.4 Å². The van der Waals surface area contributed by atoms with Crippen LogP contribution in [0, 0.1) is 0 Å². The van der Waals surface area contributed by atoms with E-state index in [2.05, 4.69) is 28.7 Å². The summed E-state index contributed by atoms with van der Waals surface area (Å²) >= 11 is 1.68. The fraction of sp³-hybridized carbons (Fsp3) is 0.0769. The minimum Gasteiger partial charge on any atom is -0.489 e. The summed E-state index contributed by atoms with van der Waals surface area (Å²) in [5.74, 6) is 0.569. The van der Waals surface area contributed by atoms with Crippen molar-refractivity contribution in [2.24, 2.45) is 5.10 Å². The number of amides is 1. The van der Waals surface area contributed by atoms with Crippen molar-refractivity contribution < 1.29 is 9.53 Å². The van der Waals surface area contributed by atoms with E-state index in [9.17, 15) is 4.79 Å². The van der Waals surface area contributed by atoms with E-state index in [-0.39, 0.29) is 5.91 Å². The molecule has 154 valence electrons. The summed E-state index contributed by atoms with van der Waals surface area (Å²) in [7, 11) is 0. The third-order valence-electron chi connectivity index (χ3n) is 4.84. The number of nitrogens with one attached hydrogen (secondary N) is 1. The van der Waals surface area contributed by atoms with Gasteiger partial charge in [0.15, 0.2) is 0 Å². The maximum absolute atomic E-state index is 12.3. The van der Waals surface area contributed by atoms with Crippen molar-refractivity contribution in [2.75, 3.05) is 6.26 Å². The molecule has 4 aromatic carbocycles. The Morgan fingerprint density at radius 2 is 1.68 bits per heavy atom. The molecule has 4 nitrogen and oxygen atoms in total. The van der Waals surface area contributed by atoms with Crippen LogP contribution in [0.5, 0.6) is 5.75 Å². The third kappa shape index (κ3) is 5.53. The summed E-state index contributed by atoms with van der Waals surface area (Å²) < 4.78 is 5.91. The molecule has 4 rings (SSSR count). The molecule has 0 fully saturated rings. The van der Waals surface area contributed by atoms with Gasteiger partial charge in [0.2, 0.25) is 0 Å². The van der Waals surface area contributed by atoms with E-state index in [1.807, 2.05) is 66.9 Å². The van der Waals surface area contributed by atoms with Gasteiger partial charge in [-0.15, -0.1) is 11.8 Å². The Balaban J connectivity index is 1.31. The predicted octanol–water partition coefficient (Wildman–Crippen LogP) is 5.90. The molecule has 1 amide bonds. The fourth-order valence-corrected chi connectivity index (χ4v) is 3.50. The Hall–Kier alpha value is -3.57. The molecule has 0 unspecified atom stereocenters. The number of hydrogen-bond donors (Lipinski definition) is 1. The molecule has 0 aromatic heterocycles. The lowest BCUT2D eigenvalue weighted by molar-refractivity contribution is 0.0955. The van der Waals surface area contributed by atoms with Gasteiger partial charge in [-0.05, 0) is 64.6 Å². The highest BCUT2D eigenvalue weighted by Gasteiger charge is 2.05. The van der Waals surface area contributed by atoms with Crippen molar-refractivity contribution in [1.82, 2.24) is 5.43 Å². The van der Waals surface area contributed by atoms with E-state index in [4.69, 9.17) is 4.74 Å². The van der Waals surface area contributed by atoms with Crippen LogP contribution in [0.15, 0.2) is 101 Å². The summed E-state index contributed by atoms with van der Waals surface area (Å²) in [6.45, 7) is 0.435. The zero-order valence-corrected chi connectivity index (χ0v) is 17.9. The molecule has 0 saturated carbocycles. The number of fused-ring (bicyclic) bond motifs is 1. The molecule has 0 heterocycles. The maximum atomic E-state index is 12.3. The highest BCUT2D eigenvalue weighted by Crippen LogP contribution is 2.21. The van der Waals surface area contributed by atoms with Crippen molar-refractivity contribution in [3.63, 3.8) is 0 Å². The Morgan fingerprint density at radius 1 is 0.935 bits per heavy atom. The zero-order valence-electron chi connectivity index (χ0n) is 17.1. The van der Waals surface area contributed by atoms with E-state index < -0.39 is 0 Å². The van der Waals surface area contributed by atoms with Crippen LogP contribution in [0.1, 0.15) is 21.5 Å². The summed E-state index contributed by atoms with van der Waals surface area (Å²) in [6.07, 6.45) is 3.66. The van der Waals surface area contributed by atoms with Crippen LogP contribution >= 0.6 is 11.8 Å². The van der Waals surface area contributed by atoms with Crippen LogP contribution in [0.4, 0.5) is 0 Å². The number of thioether (sulfide) groups is 1. The molecular weight excluding hydrogens is 404 g/mol. The second-order valence-corrected chi connectivity index (χ2v) is 7.85. The van der Waals surface area contributed by atoms with Crippen LogP contribution in [0.2, 0.25) is 0 Å². The van der Waals surface area contributed by atoms with Gasteiger partial charge in [0.05, 0.1) is 6.21 Å². The minimum atomic E-state index is -0.251. The summed E-state index contributed by atoms with van der Waals surface area (Å²) in [6, 6.07) is 29.5. The zero-order chi connectivity index (χ0) is 21.5. The molecule has 31 heavy (non-hydrogen) atoms. The molecule has 4 aromatic rings. The molecule has 0 aliphatic carbocycles. The van der Waals surface area contributed by atoms with Crippen LogP contribution in [0.3, 0.4) is 0 Å². The average Bonchev–Trinajstić information content (AvgIpc) is 2.83. The standard InChI is InChI=1S/C26H22N2O2S/c1-31-25-14-8-19(9-15-25)17-27-28-26(29)22-10-6-20(7-11-22)18-30-24-13-12-21-4-2-3-5-23(21)16-24/h2-17H,18H2,1H3,(H,28,29)/b27-17+. The maximum Gasteiger partial charge on any atom is 0.271 e.